The van der Waals surface area contributed by atoms with E-state index in [1.54, 1.807) is 0 Å². The van der Waals surface area contributed by atoms with Gasteiger partial charge in [-0.1, -0.05) is 60.7 Å². The van der Waals surface area contributed by atoms with Crippen molar-refractivity contribution in [3.63, 3.8) is 0 Å². The lowest BCUT2D eigenvalue weighted by Crippen LogP contribution is -2.42. The predicted molar refractivity (Wildman–Crippen MR) is 101 cm³/mol. The summed E-state index contributed by atoms with van der Waals surface area (Å²) in [6.07, 6.45) is 1.52. The average Bonchev–Trinajstić information content (AvgIpc) is 2.60. The smallest absolute Gasteiger partial charge is 0.247 e. The number of allylic oxidation sites excluding steroid dienone is 1. The van der Waals surface area contributed by atoms with Crippen molar-refractivity contribution in [2.24, 2.45) is 0 Å². The van der Waals surface area contributed by atoms with Crippen LogP contribution in [-0.4, -0.2) is 17.9 Å². The Hall–Kier alpha value is -2.88. The molecule has 0 aliphatic carbocycles. The molecular formula is C21H24N2O2. The first-order valence-corrected chi connectivity index (χ1v) is 8.37. The van der Waals surface area contributed by atoms with Gasteiger partial charge in [-0.25, -0.2) is 0 Å². The molecular weight excluding hydrogens is 312 g/mol. The van der Waals surface area contributed by atoms with Gasteiger partial charge in [0.2, 0.25) is 11.8 Å². The summed E-state index contributed by atoms with van der Waals surface area (Å²) in [6, 6.07) is 18.2. The lowest BCUT2D eigenvalue weighted by molar-refractivity contribution is -0.127. The number of hydrogen-bond acceptors (Lipinski definition) is 2. The average molecular weight is 336 g/mol. The van der Waals surface area contributed by atoms with E-state index in [2.05, 4.69) is 10.6 Å². The van der Waals surface area contributed by atoms with Crippen LogP contribution in [0.3, 0.4) is 0 Å². The molecule has 0 bridgehead atoms. The summed E-state index contributed by atoms with van der Waals surface area (Å²) in [5.74, 6) is -0.519. The molecule has 4 nitrogen and oxygen atoms in total. The Morgan fingerprint density at radius 3 is 2.00 bits per heavy atom. The van der Waals surface area contributed by atoms with Gasteiger partial charge < -0.3 is 10.6 Å². The maximum Gasteiger partial charge on any atom is 0.247 e. The molecule has 2 amide bonds. The van der Waals surface area contributed by atoms with Crippen LogP contribution < -0.4 is 10.6 Å². The number of nitrogens with one attached hydrogen (secondary N) is 2. The third-order valence-electron chi connectivity index (χ3n) is 3.69. The van der Waals surface area contributed by atoms with Crippen molar-refractivity contribution in [1.82, 2.24) is 10.6 Å². The molecule has 4 heteroatoms. The van der Waals surface area contributed by atoms with Gasteiger partial charge in [-0.2, -0.15) is 0 Å². The minimum atomic E-state index is -0.726. The molecule has 0 heterocycles. The van der Waals surface area contributed by atoms with Crippen molar-refractivity contribution in [3.8, 4) is 0 Å². The van der Waals surface area contributed by atoms with Crippen LogP contribution >= 0.6 is 0 Å². The highest BCUT2D eigenvalue weighted by Crippen LogP contribution is 2.15. The molecule has 0 radical (unpaired) electrons. The van der Waals surface area contributed by atoms with Gasteiger partial charge in [-0.3, -0.25) is 9.59 Å². The highest BCUT2D eigenvalue weighted by Gasteiger charge is 2.22. The Morgan fingerprint density at radius 1 is 0.880 bits per heavy atom. The second-order valence-corrected chi connectivity index (χ2v) is 6.21. The predicted octanol–water partition coefficient (Wildman–Crippen LogP) is 3.47. The summed E-state index contributed by atoms with van der Waals surface area (Å²) in [4.78, 5) is 24.9. The molecule has 0 aromatic heterocycles. The highest BCUT2D eigenvalue weighted by molar-refractivity contribution is 5.98. The topological polar surface area (TPSA) is 58.2 Å². The maximum absolute atomic E-state index is 12.5. The molecule has 2 aromatic rings. The van der Waals surface area contributed by atoms with Crippen LogP contribution in [0.15, 0.2) is 66.7 Å². The first-order valence-electron chi connectivity index (χ1n) is 8.37. The van der Waals surface area contributed by atoms with E-state index >= 15 is 0 Å². The van der Waals surface area contributed by atoms with Gasteiger partial charge in [-0.05, 0) is 37.5 Å². The van der Waals surface area contributed by atoms with Crippen molar-refractivity contribution in [2.45, 2.75) is 32.9 Å². The summed E-state index contributed by atoms with van der Waals surface area (Å²) >= 11 is 0. The number of amides is 2. The molecule has 25 heavy (non-hydrogen) atoms. The molecule has 2 rings (SSSR count). The molecule has 0 fully saturated rings. The van der Waals surface area contributed by atoms with Gasteiger partial charge in [0.25, 0.3) is 0 Å². The summed E-state index contributed by atoms with van der Waals surface area (Å²) in [6.45, 7) is 5.66. The minimum Gasteiger partial charge on any atom is -0.352 e. The SMILES string of the molecule is C/C(=C\C(=O)N[C@H](C(=O)NC(C)C)c1ccccc1)c1ccccc1. The molecule has 0 saturated heterocycles. The monoisotopic (exact) mass is 336 g/mol. The largest absolute Gasteiger partial charge is 0.352 e. The Bertz CT molecular complexity index is 737. The second kappa shape index (κ2) is 8.83. The van der Waals surface area contributed by atoms with E-state index in [0.29, 0.717) is 0 Å². The Morgan fingerprint density at radius 2 is 1.44 bits per heavy atom. The zero-order valence-corrected chi connectivity index (χ0v) is 14.8. The molecule has 0 saturated carbocycles. The van der Waals surface area contributed by atoms with Gasteiger partial charge in [0.05, 0.1) is 0 Å². The van der Waals surface area contributed by atoms with E-state index in [1.807, 2.05) is 81.4 Å². The lowest BCUT2D eigenvalue weighted by Gasteiger charge is -2.20. The Balaban J connectivity index is 2.18. The van der Waals surface area contributed by atoms with Crippen LogP contribution in [0.5, 0.6) is 0 Å². The van der Waals surface area contributed by atoms with Gasteiger partial charge in [0, 0.05) is 12.1 Å². The zero-order valence-electron chi connectivity index (χ0n) is 14.8. The molecule has 130 valence electrons. The Labute approximate surface area is 149 Å². The van der Waals surface area contributed by atoms with Crippen LogP contribution in [0.1, 0.15) is 37.9 Å². The van der Waals surface area contributed by atoms with E-state index in [1.165, 1.54) is 6.08 Å². The van der Waals surface area contributed by atoms with E-state index in [-0.39, 0.29) is 17.9 Å². The number of rotatable bonds is 6. The first kappa shape index (κ1) is 18.5. The number of benzene rings is 2. The minimum absolute atomic E-state index is 0.00258. The fourth-order valence-corrected chi connectivity index (χ4v) is 2.48. The standard InChI is InChI=1S/C21H24N2O2/c1-15(2)22-21(25)20(18-12-8-5-9-13-18)23-19(24)14-16(3)17-10-6-4-7-11-17/h4-15,20H,1-3H3,(H,22,25)(H,23,24)/b16-14+/t20-/m0/s1. The fourth-order valence-electron chi connectivity index (χ4n) is 2.48. The van der Waals surface area contributed by atoms with Crippen LogP contribution in [0.25, 0.3) is 5.57 Å². The summed E-state index contributed by atoms with van der Waals surface area (Å²) in [5.41, 5.74) is 2.56. The van der Waals surface area contributed by atoms with E-state index < -0.39 is 6.04 Å². The second-order valence-electron chi connectivity index (χ2n) is 6.21. The van der Waals surface area contributed by atoms with Crippen molar-refractivity contribution >= 4 is 17.4 Å². The maximum atomic E-state index is 12.5. The third kappa shape index (κ3) is 5.60. The van der Waals surface area contributed by atoms with E-state index in [9.17, 15) is 9.59 Å². The highest BCUT2D eigenvalue weighted by atomic mass is 16.2. The van der Waals surface area contributed by atoms with Crippen LogP contribution in [0.4, 0.5) is 0 Å². The molecule has 2 aromatic carbocycles. The van der Waals surface area contributed by atoms with Gasteiger partial charge in [-0.15, -0.1) is 0 Å². The molecule has 0 spiro atoms. The summed E-state index contributed by atoms with van der Waals surface area (Å²) < 4.78 is 0. The molecule has 1 atom stereocenters. The number of hydrogen-bond donors (Lipinski definition) is 2. The van der Waals surface area contributed by atoms with Crippen molar-refractivity contribution in [2.75, 3.05) is 0 Å². The molecule has 0 aliphatic heterocycles. The fraction of sp³-hybridized carbons (Fsp3) is 0.238. The number of carbonyl (C=O) groups is 2. The van der Waals surface area contributed by atoms with Gasteiger partial charge in [0.15, 0.2) is 0 Å². The molecule has 0 aliphatic rings. The lowest BCUT2D eigenvalue weighted by atomic mass is 10.0. The normalized spacial score (nSPS) is 12.6. The Kier molecular flexibility index (Phi) is 6.52. The number of carbonyl (C=O) groups excluding carboxylic acids is 2. The van der Waals surface area contributed by atoms with Crippen LogP contribution in [0.2, 0.25) is 0 Å². The summed E-state index contributed by atoms with van der Waals surface area (Å²) in [5, 5.41) is 5.67. The van der Waals surface area contributed by atoms with E-state index in [0.717, 1.165) is 16.7 Å². The molecule has 2 N–H and O–H groups in total. The zero-order chi connectivity index (χ0) is 18.2. The van der Waals surface area contributed by atoms with Crippen LogP contribution in [-0.2, 0) is 9.59 Å². The summed E-state index contributed by atoms with van der Waals surface area (Å²) in [7, 11) is 0. The third-order valence-corrected chi connectivity index (χ3v) is 3.69. The van der Waals surface area contributed by atoms with Gasteiger partial charge in [0.1, 0.15) is 6.04 Å². The first-order chi connectivity index (χ1) is 12.0. The van der Waals surface area contributed by atoms with E-state index in [4.69, 9.17) is 0 Å². The quantitative estimate of drug-likeness (QED) is 0.794. The molecule has 0 unspecified atom stereocenters. The van der Waals surface area contributed by atoms with Crippen molar-refractivity contribution < 1.29 is 9.59 Å². The van der Waals surface area contributed by atoms with Crippen LogP contribution in [0, 0.1) is 0 Å². The van der Waals surface area contributed by atoms with Crippen molar-refractivity contribution in [3.05, 3.63) is 77.9 Å². The van der Waals surface area contributed by atoms with Crippen molar-refractivity contribution in [1.29, 1.82) is 0 Å². The van der Waals surface area contributed by atoms with Gasteiger partial charge >= 0.3 is 0 Å².